The minimum atomic E-state index is -3.39. The summed E-state index contributed by atoms with van der Waals surface area (Å²) in [7, 11) is -3.39. The Morgan fingerprint density at radius 2 is 1.85 bits per heavy atom. The first-order chi connectivity index (χ1) is 12.9. The van der Waals surface area contributed by atoms with Crippen molar-refractivity contribution in [2.45, 2.75) is 56.2 Å². The highest BCUT2D eigenvalue weighted by molar-refractivity contribution is 7.89. The zero-order valence-electron chi connectivity index (χ0n) is 15.7. The molecule has 0 bridgehead atoms. The molecule has 2 aliphatic rings. The van der Waals surface area contributed by atoms with Crippen LogP contribution in [0, 0.1) is 5.82 Å². The van der Waals surface area contributed by atoms with Gasteiger partial charge in [0.15, 0.2) is 5.82 Å². The first-order valence-corrected chi connectivity index (χ1v) is 11.3. The van der Waals surface area contributed by atoms with Gasteiger partial charge in [-0.15, -0.1) is 0 Å². The molecule has 0 radical (unpaired) electrons. The zero-order chi connectivity index (χ0) is 19.4. The number of pyridine rings is 1. The molecule has 3 rings (SSSR count). The second-order valence-corrected chi connectivity index (χ2v) is 9.65. The average Bonchev–Trinajstić information content (AvgIpc) is 2.88. The Morgan fingerprint density at radius 1 is 1.11 bits per heavy atom. The normalized spacial score (nSPS) is 23.3. The average molecular weight is 400 g/mol. The van der Waals surface area contributed by atoms with Crippen molar-refractivity contribution in [1.82, 2.24) is 9.29 Å². The topological polar surface area (TPSA) is 106 Å². The number of hydrogen-bond donors (Lipinski definition) is 2. The van der Waals surface area contributed by atoms with Crippen LogP contribution in [0.15, 0.2) is 12.4 Å². The second kappa shape index (κ2) is 8.70. The van der Waals surface area contributed by atoms with Crippen LogP contribution in [0.2, 0.25) is 0 Å². The first kappa shape index (κ1) is 20.3. The van der Waals surface area contributed by atoms with Crippen LogP contribution < -0.4 is 16.4 Å². The third kappa shape index (κ3) is 4.35. The number of nitrogens with zero attached hydrogens (tertiary/aromatic N) is 3. The van der Waals surface area contributed by atoms with Gasteiger partial charge in [0, 0.05) is 25.7 Å². The van der Waals surface area contributed by atoms with Gasteiger partial charge in [-0.25, -0.2) is 12.8 Å². The summed E-state index contributed by atoms with van der Waals surface area (Å²) in [6, 6.07) is 0.00816. The van der Waals surface area contributed by atoms with Crippen LogP contribution in [0.25, 0.3) is 0 Å². The number of rotatable bonds is 5. The van der Waals surface area contributed by atoms with Gasteiger partial charge >= 0.3 is 0 Å². The number of nitrogen functional groups attached to an aromatic ring is 1. The molecule has 1 atom stereocenters. The van der Waals surface area contributed by atoms with Crippen molar-refractivity contribution in [2.24, 2.45) is 5.73 Å². The fraction of sp³-hybridized carbons (Fsp3) is 0.722. The number of anilines is 2. The van der Waals surface area contributed by atoms with Gasteiger partial charge < -0.3 is 16.4 Å². The van der Waals surface area contributed by atoms with Gasteiger partial charge in [-0.3, -0.25) is 4.98 Å². The quantitative estimate of drug-likeness (QED) is 0.781. The highest BCUT2D eigenvalue weighted by Gasteiger charge is 2.38. The van der Waals surface area contributed by atoms with E-state index >= 15 is 0 Å². The summed E-state index contributed by atoms with van der Waals surface area (Å²) >= 11 is 0. The van der Waals surface area contributed by atoms with Crippen LogP contribution in [0.4, 0.5) is 15.8 Å². The number of sulfonamides is 1. The van der Waals surface area contributed by atoms with Gasteiger partial charge in [0.05, 0.1) is 29.0 Å². The van der Waals surface area contributed by atoms with E-state index in [4.69, 9.17) is 11.5 Å². The molecule has 0 spiro atoms. The molecule has 0 amide bonds. The SMILES string of the molecule is NCCC1CCCCCN1S(=O)(=O)C1CCN(c2c(N)cncc2F)CC1. The molecule has 2 saturated heterocycles. The van der Waals surface area contributed by atoms with E-state index in [2.05, 4.69) is 4.98 Å². The van der Waals surface area contributed by atoms with E-state index in [0.29, 0.717) is 51.1 Å². The number of hydrogen-bond acceptors (Lipinski definition) is 6. The van der Waals surface area contributed by atoms with Crippen molar-refractivity contribution in [2.75, 3.05) is 36.8 Å². The van der Waals surface area contributed by atoms with Gasteiger partial charge in [-0.1, -0.05) is 12.8 Å². The van der Waals surface area contributed by atoms with Crippen LogP contribution in [0.5, 0.6) is 0 Å². The summed E-state index contributed by atoms with van der Waals surface area (Å²) in [6.45, 7) is 2.00. The zero-order valence-corrected chi connectivity index (χ0v) is 16.5. The third-order valence-corrected chi connectivity index (χ3v) is 8.18. The van der Waals surface area contributed by atoms with Gasteiger partial charge in [-0.05, 0) is 38.6 Å². The van der Waals surface area contributed by atoms with Crippen LogP contribution in [-0.2, 0) is 10.0 Å². The lowest BCUT2D eigenvalue weighted by Gasteiger charge is -2.38. The van der Waals surface area contributed by atoms with Gasteiger partial charge in [0.25, 0.3) is 0 Å². The van der Waals surface area contributed by atoms with Crippen molar-refractivity contribution in [3.8, 4) is 0 Å². The van der Waals surface area contributed by atoms with Crippen molar-refractivity contribution in [3.63, 3.8) is 0 Å². The Kier molecular flexibility index (Phi) is 6.54. The molecule has 2 aliphatic heterocycles. The molecule has 152 valence electrons. The van der Waals surface area contributed by atoms with E-state index in [1.165, 1.54) is 6.20 Å². The predicted octanol–water partition coefficient (Wildman–Crippen LogP) is 1.69. The molecule has 1 aromatic heterocycles. The summed E-state index contributed by atoms with van der Waals surface area (Å²) in [5.74, 6) is -0.466. The van der Waals surface area contributed by atoms with Crippen LogP contribution in [-0.4, -0.2) is 55.2 Å². The molecule has 3 heterocycles. The largest absolute Gasteiger partial charge is 0.396 e. The predicted molar refractivity (Wildman–Crippen MR) is 105 cm³/mol. The van der Waals surface area contributed by atoms with E-state index < -0.39 is 21.1 Å². The molecule has 0 saturated carbocycles. The molecule has 4 N–H and O–H groups in total. The maximum Gasteiger partial charge on any atom is 0.217 e. The summed E-state index contributed by atoms with van der Waals surface area (Å²) in [5.41, 5.74) is 12.2. The fourth-order valence-electron chi connectivity index (χ4n) is 4.31. The molecule has 0 aromatic carbocycles. The Bertz CT molecular complexity index is 717. The minimum Gasteiger partial charge on any atom is -0.396 e. The third-order valence-electron chi connectivity index (χ3n) is 5.73. The van der Waals surface area contributed by atoms with Crippen LogP contribution >= 0.6 is 0 Å². The molecule has 1 unspecified atom stereocenters. The van der Waals surface area contributed by atoms with Gasteiger partial charge in [0.2, 0.25) is 10.0 Å². The summed E-state index contributed by atoms with van der Waals surface area (Å²) < 4.78 is 42.5. The number of nitrogens with two attached hydrogens (primary N) is 2. The molecular formula is C18H30FN5O2S. The van der Waals surface area contributed by atoms with Crippen molar-refractivity contribution < 1.29 is 12.8 Å². The van der Waals surface area contributed by atoms with Gasteiger partial charge in [-0.2, -0.15) is 4.31 Å². The summed E-state index contributed by atoms with van der Waals surface area (Å²) in [5, 5.41) is -0.432. The van der Waals surface area contributed by atoms with E-state index in [1.807, 2.05) is 4.90 Å². The lowest BCUT2D eigenvalue weighted by molar-refractivity contribution is 0.303. The van der Waals surface area contributed by atoms with Crippen LogP contribution in [0.3, 0.4) is 0 Å². The maximum absolute atomic E-state index is 14.1. The Morgan fingerprint density at radius 3 is 2.52 bits per heavy atom. The van der Waals surface area contributed by atoms with Crippen molar-refractivity contribution in [1.29, 1.82) is 0 Å². The molecule has 7 nitrogen and oxygen atoms in total. The number of piperidine rings is 1. The standard InChI is InChI=1S/C18H30FN5O2S/c19-16-12-22-13-17(21)18(16)23-10-6-15(7-11-23)27(25,26)24-9-3-1-2-4-14(24)5-8-20/h12-15H,1-11,20-21H2. The van der Waals surface area contributed by atoms with E-state index in [1.54, 1.807) is 4.31 Å². The van der Waals surface area contributed by atoms with Crippen molar-refractivity contribution >= 4 is 21.4 Å². The molecule has 27 heavy (non-hydrogen) atoms. The monoisotopic (exact) mass is 399 g/mol. The Hall–Kier alpha value is -1.45. The number of halogens is 1. The molecular weight excluding hydrogens is 369 g/mol. The Balaban J connectivity index is 1.72. The van der Waals surface area contributed by atoms with E-state index in [9.17, 15) is 12.8 Å². The maximum atomic E-state index is 14.1. The smallest absolute Gasteiger partial charge is 0.217 e. The minimum absolute atomic E-state index is 0.00816. The highest BCUT2D eigenvalue weighted by Crippen LogP contribution is 2.32. The molecule has 0 aliphatic carbocycles. The van der Waals surface area contributed by atoms with E-state index in [-0.39, 0.29) is 11.7 Å². The second-order valence-electron chi connectivity index (χ2n) is 7.48. The lowest BCUT2D eigenvalue weighted by atomic mass is 10.1. The molecule has 1 aromatic rings. The Labute approximate surface area is 161 Å². The number of aromatic nitrogens is 1. The fourth-order valence-corrected chi connectivity index (χ4v) is 6.51. The van der Waals surface area contributed by atoms with E-state index in [0.717, 1.165) is 31.9 Å². The highest BCUT2D eigenvalue weighted by atomic mass is 32.2. The van der Waals surface area contributed by atoms with Crippen molar-refractivity contribution in [3.05, 3.63) is 18.2 Å². The van der Waals surface area contributed by atoms with Crippen LogP contribution in [0.1, 0.15) is 44.9 Å². The summed E-state index contributed by atoms with van der Waals surface area (Å²) in [6.07, 6.45) is 8.11. The molecule has 2 fully saturated rings. The molecule has 9 heteroatoms. The van der Waals surface area contributed by atoms with Gasteiger partial charge in [0.1, 0.15) is 0 Å². The summed E-state index contributed by atoms with van der Waals surface area (Å²) in [4.78, 5) is 5.58. The lowest BCUT2D eigenvalue weighted by Crippen LogP contribution is -2.49. The first-order valence-electron chi connectivity index (χ1n) is 9.79.